The first-order valence-corrected chi connectivity index (χ1v) is 11.0. The molecule has 3 N–H and O–H groups in total. The van der Waals surface area contributed by atoms with Crippen LogP contribution in [0.2, 0.25) is 0 Å². The summed E-state index contributed by atoms with van der Waals surface area (Å²) in [7, 11) is -3.55. The van der Waals surface area contributed by atoms with Gasteiger partial charge in [-0.05, 0) is 48.4 Å². The third-order valence-electron chi connectivity index (χ3n) is 4.54. The lowest BCUT2D eigenvalue weighted by atomic mass is 10.0. The van der Waals surface area contributed by atoms with E-state index in [2.05, 4.69) is 4.72 Å². The molecule has 0 radical (unpaired) electrons. The Kier molecular flexibility index (Phi) is 7.67. The number of nitrogens with one attached hydrogen (secondary N) is 1. The fourth-order valence-corrected chi connectivity index (χ4v) is 5.21. The van der Waals surface area contributed by atoms with Gasteiger partial charge in [0.25, 0.3) is 10.0 Å². The first-order valence-electron chi connectivity index (χ1n) is 8.64. The Labute approximate surface area is 170 Å². The van der Waals surface area contributed by atoms with E-state index in [1.807, 2.05) is 4.90 Å². The monoisotopic (exact) mass is 429 g/mol. The summed E-state index contributed by atoms with van der Waals surface area (Å²) in [5, 5.41) is 1.72. The average Bonchev–Trinajstić information content (AvgIpc) is 3.19. The maximum absolute atomic E-state index is 12.6. The molecule has 6 nitrogen and oxygen atoms in total. The van der Waals surface area contributed by atoms with Crippen molar-refractivity contribution in [2.45, 2.75) is 35.9 Å². The number of carbonyl (C=O) groups is 1. The molecule has 0 saturated carbocycles. The molecule has 0 spiro atoms. The van der Waals surface area contributed by atoms with Crippen molar-refractivity contribution in [3.8, 4) is 0 Å². The van der Waals surface area contributed by atoms with Crippen LogP contribution in [0.4, 0.5) is 5.69 Å². The summed E-state index contributed by atoms with van der Waals surface area (Å²) in [6.07, 6.45) is 3.40. The van der Waals surface area contributed by atoms with Gasteiger partial charge in [-0.3, -0.25) is 9.52 Å². The number of benzene rings is 1. The first kappa shape index (κ1) is 21.7. The lowest BCUT2D eigenvalue weighted by molar-refractivity contribution is -0.133. The second-order valence-electron chi connectivity index (χ2n) is 6.38. The highest BCUT2D eigenvalue weighted by molar-refractivity contribution is 7.94. The fraction of sp³-hybridized carbons (Fsp3) is 0.389. The van der Waals surface area contributed by atoms with Crippen molar-refractivity contribution in [3.63, 3.8) is 0 Å². The van der Waals surface area contributed by atoms with Gasteiger partial charge in [-0.2, -0.15) is 0 Å². The molecular formula is C18H24ClN3O3S2. The molecule has 1 saturated heterocycles. The third-order valence-corrected chi connectivity index (χ3v) is 7.32. The zero-order valence-corrected chi connectivity index (χ0v) is 17.3. The lowest BCUT2D eigenvalue weighted by Gasteiger charge is -2.35. The van der Waals surface area contributed by atoms with Crippen LogP contribution in [0.25, 0.3) is 0 Å². The molecule has 9 heteroatoms. The molecule has 1 amide bonds. The Balaban J connectivity index is 0.00000261. The highest BCUT2D eigenvalue weighted by Crippen LogP contribution is 2.21. The highest BCUT2D eigenvalue weighted by Gasteiger charge is 2.25. The number of sulfonamides is 1. The summed E-state index contributed by atoms with van der Waals surface area (Å²) in [5.41, 5.74) is 7.12. The Hall–Kier alpha value is -1.61. The summed E-state index contributed by atoms with van der Waals surface area (Å²) in [5.74, 6) is 0.0760. The normalized spacial score (nSPS) is 17.2. The number of nitrogens with zero attached hydrogens (tertiary/aromatic N) is 1. The number of thiophene rings is 1. The molecule has 148 valence electrons. The van der Waals surface area contributed by atoms with Crippen LogP contribution in [0.5, 0.6) is 0 Å². The minimum atomic E-state index is -3.55. The van der Waals surface area contributed by atoms with Crippen LogP contribution in [0.3, 0.4) is 0 Å². The van der Waals surface area contributed by atoms with E-state index in [9.17, 15) is 13.2 Å². The largest absolute Gasteiger partial charge is 0.338 e. The van der Waals surface area contributed by atoms with Gasteiger partial charge in [0.2, 0.25) is 5.91 Å². The molecule has 2 heterocycles. The van der Waals surface area contributed by atoms with Gasteiger partial charge >= 0.3 is 0 Å². The molecule has 0 bridgehead atoms. The van der Waals surface area contributed by atoms with Crippen molar-refractivity contribution in [1.82, 2.24) is 4.90 Å². The predicted octanol–water partition coefficient (Wildman–Crippen LogP) is 2.85. The fourth-order valence-electron chi connectivity index (χ4n) is 3.16. The average molecular weight is 430 g/mol. The van der Waals surface area contributed by atoms with Crippen molar-refractivity contribution in [2.75, 3.05) is 17.8 Å². The summed E-state index contributed by atoms with van der Waals surface area (Å²) >= 11 is 1.17. The molecule has 0 aliphatic carbocycles. The van der Waals surface area contributed by atoms with Gasteiger partial charge in [0.1, 0.15) is 4.21 Å². The second kappa shape index (κ2) is 9.54. The van der Waals surface area contributed by atoms with Gasteiger partial charge in [-0.15, -0.1) is 23.7 Å². The summed E-state index contributed by atoms with van der Waals surface area (Å²) in [6, 6.07) is 10.3. The van der Waals surface area contributed by atoms with Crippen molar-refractivity contribution in [2.24, 2.45) is 5.73 Å². The van der Waals surface area contributed by atoms with E-state index in [1.165, 1.54) is 11.3 Å². The van der Waals surface area contributed by atoms with E-state index in [-0.39, 0.29) is 28.6 Å². The number of piperidine rings is 1. The van der Waals surface area contributed by atoms with Crippen LogP contribution >= 0.6 is 23.7 Å². The van der Waals surface area contributed by atoms with E-state index in [1.54, 1.807) is 41.8 Å². The number of rotatable bonds is 6. The van der Waals surface area contributed by atoms with Gasteiger partial charge in [-0.1, -0.05) is 18.2 Å². The molecule has 1 aliphatic heterocycles. The van der Waals surface area contributed by atoms with Crippen molar-refractivity contribution in [1.29, 1.82) is 0 Å². The van der Waals surface area contributed by atoms with Crippen LogP contribution in [0, 0.1) is 0 Å². The number of halogens is 1. The molecule has 1 aromatic heterocycles. The number of nitrogens with two attached hydrogens (primary N) is 1. The molecular weight excluding hydrogens is 406 g/mol. The van der Waals surface area contributed by atoms with E-state index in [4.69, 9.17) is 5.73 Å². The van der Waals surface area contributed by atoms with Crippen LogP contribution < -0.4 is 10.5 Å². The Morgan fingerprint density at radius 3 is 2.59 bits per heavy atom. The van der Waals surface area contributed by atoms with E-state index in [0.717, 1.165) is 31.4 Å². The van der Waals surface area contributed by atoms with Crippen molar-refractivity contribution < 1.29 is 13.2 Å². The summed E-state index contributed by atoms with van der Waals surface area (Å²) < 4.78 is 27.3. The van der Waals surface area contributed by atoms with Crippen LogP contribution in [0.1, 0.15) is 24.8 Å². The van der Waals surface area contributed by atoms with Crippen LogP contribution in [-0.2, 0) is 21.2 Å². The van der Waals surface area contributed by atoms with E-state index in [0.29, 0.717) is 18.7 Å². The molecule has 3 rings (SSSR count). The zero-order chi connectivity index (χ0) is 18.6. The summed E-state index contributed by atoms with van der Waals surface area (Å²) in [6.45, 7) is 1.26. The molecule has 2 aromatic rings. The van der Waals surface area contributed by atoms with Gasteiger partial charge in [0.15, 0.2) is 0 Å². The van der Waals surface area contributed by atoms with Gasteiger partial charge in [0.05, 0.1) is 6.42 Å². The van der Waals surface area contributed by atoms with Crippen molar-refractivity contribution >= 4 is 45.4 Å². The first-order chi connectivity index (χ1) is 12.5. The number of anilines is 1. The molecule has 1 unspecified atom stereocenters. The second-order valence-corrected chi connectivity index (χ2v) is 9.24. The minimum absolute atomic E-state index is 0. The Morgan fingerprint density at radius 2 is 1.96 bits per heavy atom. The van der Waals surface area contributed by atoms with E-state index < -0.39 is 10.0 Å². The smallest absolute Gasteiger partial charge is 0.271 e. The van der Waals surface area contributed by atoms with Gasteiger partial charge < -0.3 is 10.6 Å². The van der Waals surface area contributed by atoms with E-state index >= 15 is 0 Å². The summed E-state index contributed by atoms with van der Waals surface area (Å²) in [4.78, 5) is 14.5. The Bertz CT molecular complexity index is 839. The molecule has 1 aromatic carbocycles. The third kappa shape index (κ3) is 5.44. The zero-order valence-electron chi connectivity index (χ0n) is 14.8. The topological polar surface area (TPSA) is 92.5 Å². The highest BCUT2D eigenvalue weighted by atomic mass is 35.5. The van der Waals surface area contributed by atoms with Crippen LogP contribution in [0.15, 0.2) is 46.0 Å². The quantitative estimate of drug-likeness (QED) is 0.738. The molecule has 1 fully saturated rings. The van der Waals surface area contributed by atoms with Crippen LogP contribution in [-0.4, -0.2) is 38.4 Å². The maximum Gasteiger partial charge on any atom is 0.271 e. The lowest BCUT2D eigenvalue weighted by Crippen LogP contribution is -2.48. The molecule has 1 atom stereocenters. The number of hydrogen-bond donors (Lipinski definition) is 2. The maximum atomic E-state index is 12.6. The number of likely N-dealkylation sites (tertiary alicyclic amines) is 1. The van der Waals surface area contributed by atoms with Gasteiger partial charge in [-0.25, -0.2) is 8.42 Å². The predicted molar refractivity (Wildman–Crippen MR) is 111 cm³/mol. The number of hydrogen-bond acceptors (Lipinski definition) is 5. The number of carbonyl (C=O) groups excluding carboxylic acids is 1. The number of amides is 1. The molecule has 1 aliphatic rings. The van der Waals surface area contributed by atoms with Crippen molar-refractivity contribution in [3.05, 3.63) is 47.3 Å². The standard InChI is InChI=1S/C18H23N3O3S2.ClH/c19-13-16-4-1-2-10-21(16)17(22)12-14-6-8-15(9-7-14)20-26(23,24)18-5-3-11-25-18;/h3,5-9,11,16,20H,1-2,4,10,12-13,19H2;1H. The molecule has 27 heavy (non-hydrogen) atoms. The van der Waals surface area contributed by atoms with Gasteiger partial charge in [0, 0.05) is 24.8 Å². The Morgan fingerprint density at radius 1 is 1.22 bits per heavy atom. The SMILES string of the molecule is Cl.NCC1CCCCN1C(=O)Cc1ccc(NS(=O)(=O)c2cccs2)cc1. The minimum Gasteiger partial charge on any atom is -0.338 e.